The molecule has 0 saturated heterocycles. The van der Waals surface area contributed by atoms with Gasteiger partial charge in [0, 0.05) is 35.4 Å². The number of phenols is 2. The smallest absolute Gasteiger partial charge is 0.144 e. The standard InChI is InChI=1S/C36H54N2O2/c1-33(2,3)25-17-27(35(7,8)9)31(39)29(19-25)37-21-23-15-13-14-16-24(23)22-38-30-20-26(34(4,5)6)18-28(32(30)40)36(10,11)12/h17-24,39-40H,13-16H2,1-12H3/t23-,24?/m1/s1. The number of benzene rings is 2. The predicted octanol–water partition coefficient (Wildman–Crippen LogP) is 10.2. The van der Waals surface area contributed by atoms with Gasteiger partial charge in [-0.15, -0.1) is 0 Å². The first-order chi connectivity index (χ1) is 18.2. The highest BCUT2D eigenvalue weighted by molar-refractivity contribution is 5.77. The zero-order valence-corrected chi connectivity index (χ0v) is 27.2. The molecule has 0 amide bonds. The van der Waals surface area contributed by atoms with E-state index in [4.69, 9.17) is 9.98 Å². The van der Waals surface area contributed by atoms with Gasteiger partial charge in [0.25, 0.3) is 0 Å². The Morgan fingerprint density at radius 3 is 1.15 bits per heavy atom. The molecule has 40 heavy (non-hydrogen) atoms. The molecule has 0 aromatic heterocycles. The number of rotatable bonds is 4. The van der Waals surface area contributed by atoms with E-state index in [1.807, 2.05) is 24.6 Å². The molecule has 1 unspecified atom stereocenters. The van der Waals surface area contributed by atoms with Crippen molar-refractivity contribution < 1.29 is 10.2 Å². The van der Waals surface area contributed by atoms with Gasteiger partial charge in [0.05, 0.1) is 0 Å². The fourth-order valence-corrected chi connectivity index (χ4v) is 5.36. The second-order valence-corrected chi connectivity index (χ2v) is 16.0. The van der Waals surface area contributed by atoms with Crippen LogP contribution < -0.4 is 0 Å². The van der Waals surface area contributed by atoms with Gasteiger partial charge in [-0.2, -0.15) is 0 Å². The normalized spacial score (nSPS) is 19.6. The van der Waals surface area contributed by atoms with Crippen LogP contribution in [-0.2, 0) is 21.7 Å². The summed E-state index contributed by atoms with van der Waals surface area (Å²) in [6, 6.07) is 8.34. The Bertz CT molecular complexity index is 1160. The molecule has 4 nitrogen and oxygen atoms in total. The second kappa shape index (κ2) is 11.3. The van der Waals surface area contributed by atoms with Crippen LogP contribution in [0, 0.1) is 11.8 Å². The summed E-state index contributed by atoms with van der Waals surface area (Å²) in [5, 5.41) is 22.4. The van der Waals surface area contributed by atoms with E-state index < -0.39 is 0 Å². The van der Waals surface area contributed by atoms with Crippen molar-refractivity contribution in [3.63, 3.8) is 0 Å². The topological polar surface area (TPSA) is 65.2 Å². The molecule has 1 aliphatic carbocycles. The molecule has 1 fully saturated rings. The van der Waals surface area contributed by atoms with E-state index in [-0.39, 0.29) is 45.0 Å². The summed E-state index contributed by atoms with van der Waals surface area (Å²) in [6.45, 7) is 26.0. The average molecular weight is 547 g/mol. The first kappa shape index (κ1) is 31.9. The first-order valence-corrected chi connectivity index (χ1v) is 15.0. The van der Waals surface area contributed by atoms with E-state index in [2.05, 4.69) is 95.2 Å². The monoisotopic (exact) mass is 546 g/mol. The molecule has 1 saturated carbocycles. The Labute approximate surface area is 244 Å². The molecule has 1 aliphatic rings. The maximum atomic E-state index is 11.2. The van der Waals surface area contributed by atoms with Gasteiger partial charge >= 0.3 is 0 Å². The highest BCUT2D eigenvalue weighted by Crippen LogP contribution is 2.43. The molecule has 0 aliphatic heterocycles. The number of aromatic hydroxyl groups is 2. The Hall–Kier alpha value is -2.62. The predicted molar refractivity (Wildman–Crippen MR) is 173 cm³/mol. The molecule has 2 aromatic rings. The van der Waals surface area contributed by atoms with Crippen LogP contribution >= 0.6 is 0 Å². The van der Waals surface area contributed by atoms with Crippen LogP contribution in [-0.4, -0.2) is 22.6 Å². The van der Waals surface area contributed by atoms with Crippen molar-refractivity contribution in [3.05, 3.63) is 46.5 Å². The SMILES string of the molecule is CC(C)(C)c1cc(N=CC2CCCC[C@@H]2C=Nc2cc(C(C)(C)C)cc(C(C)(C)C)c2O)c(O)c(C(C)(C)C)c1. The summed E-state index contributed by atoms with van der Waals surface area (Å²) < 4.78 is 0. The van der Waals surface area contributed by atoms with E-state index in [9.17, 15) is 10.2 Å². The zero-order valence-electron chi connectivity index (χ0n) is 27.2. The van der Waals surface area contributed by atoms with Gasteiger partial charge in [0.15, 0.2) is 0 Å². The number of phenolic OH excluding ortho intramolecular Hbond substituents is 2. The van der Waals surface area contributed by atoms with Crippen LogP contribution in [0.25, 0.3) is 0 Å². The minimum absolute atomic E-state index is 0.0481. The lowest BCUT2D eigenvalue weighted by atomic mass is 9.79. The van der Waals surface area contributed by atoms with Crippen molar-refractivity contribution >= 4 is 23.8 Å². The quantitative estimate of drug-likeness (QED) is 0.375. The average Bonchev–Trinajstić information content (AvgIpc) is 2.80. The lowest BCUT2D eigenvalue weighted by molar-refractivity contribution is 0.386. The maximum absolute atomic E-state index is 11.2. The number of hydrogen-bond donors (Lipinski definition) is 2. The lowest BCUT2D eigenvalue weighted by Gasteiger charge is -2.28. The number of nitrogens with zero attached hydrogens (tertiary/aromatic N) is 2. The van der Waals surface area contributed by atoms with Crippen molar-refractivity contribution in [2.24, 2.45) is 21.8 Å². The highest BCUT2D eigenvalue weighted by Gasteiger charge is 2.28. The maximum Gasteiger partial charge on any atom is 0.144 e. The van der Waals surface area contributed by atoms with Gasteiger partial charge in [0.2, 0.25) is 0 Å². The van der Waals surface area contributed by atoms with Crippen LogP contribution in [0.15, 0.2) is 34.3 Å². The third-order valence-electron chi connectivity index (χ3n) is 8.21. The third kappa shape index (κ3) is 7.56. The molecular formula is C36H54N2O2. The van der Waals surface area contributed by atoms with Crippen LogP contribution in [0.1, 0.15) is 131 Å². The van der Waals surface area contributed by atoms with Gasteiger partial charge in [-0.3, -0.25) is 9.98 Å². The summed E-state index contributed by atoms with van der Waals surface area (Å²) in [6.07, 6.45) is 8.45. The zero-order chi connectivity index (χ0) is 30.3. The molecule has 0 radical (unpaired) electrons. The van der Waals surface area contributed by atoms with Crippen LogP contribution in [0.4, 0.5) is 11.4 Å². The summed E-state index contributed by atoms with van der Waals surface area (Å²) in [7, 11) is 0. The summed E-state index contributed by atoms with van der Waals surface area (Å²) >= 11 is 0. The van der Waals surface area contributed by atoms with Crippen molar-refractivity contribution in [1.82, 2.24) is 0 Å². The lowest BCUT2D eigenvalue weighted by Crippen LogP contribution is -2.22. The fourth-order valence-electron chi connectivity index (χ4n) is 5.36. The van der Waals surface area contributed by atoms with Gasteiger partial charge in [-0.1, -0.05) is 108 Å². The second-order valence-electron chi connectivity index (χ2n) is 16.0. The Morgan fingerprint density at radius 2 is 0.875 bits per heavy atom. The Morgan fingerprint density at radius 1 is 0.550 bits per heavy atom. The molecule has 2 N–H and O–H groups in total. The molecule has 0 bridgehead atoms. The minimum Gasteiger partial charge on any atom is -0.505 e. The fraction of sp³-hybridized carbons (Fsp3) is 0.611. The van der Waals surface area contributed by atoms with Crippen molar-refractivity contribution in [3.8, 4) is 11.5 Å². The molecular weight excluding hydrogens is 492 g/mol. The Balaban J connectivity index is 2.00. The van der Waals surface area contributed by atoms with E-state index in [0.29, 0.717) is 11.4 Å². The highest BCUT2D eigenvalue weighted by atomic mass is 16.3. The van der Waals surface area contributed by atoms with E-state index in [1.165, 1.54) is 11.1 Å². The van der Waals surface area contributed by atoms with Crippen molar-refractivity contribution in [2.45, 2.75) is 130 Å². The van der Waals surface area contributed by atoms with Crippen LogP contribution in [0.5, 0.6) is 11.5 Å². The molecule has 220 valence electrons. The van der Waals surface area contributed by atoms with E-state index in [0.717, 1.165) is 36.8 Å². The molecule has 4 heteroatoms. The summed E-state index contributed by atoms with van der Waals surface area (Å²) in [4.78, 5) is 9.81. The first-order valence-electron chi connectivity index (χ1n) is 15.0. The van der Waals surface area contributed by atoms with Crippen LogP contribution in [0.3, 0.4) is 0 Å². The Kier molecular flexibility index (Phi) is 9.04. The van der Waals surface area contributed by atoms with Crippen molar-refractivity contribution in [2.75, 3.05) is 0 Å². The molecule has 2 atom stereocenters. The van der Waals surface area contributed by atoms with Crippen molar-refractivity contribution in [1.29, 1.82) is 0 Å². The van der Waals surface area contributed by atoms with E-state index >= 15 is 0 Å². The van der Waals surface area contributed by atoms with Crippen LogP contribution in [0.2, 0.25) is 0 Å². The third-order valence-corrected chi connectivity index (χ3v) is 8.21. The van der Waals surface area contributed by atoms with Gasteiger partial charge in [-0.05, 0) is 57.8 Å². The molecule has 0 spiro atoms. The number of hydrogen-bond acceptors (Lipinski definition) is 4. The van der Waals surface area contributed by atoms with Gasteiger partial charge in [-0.25, -0.2) is 0 Å². The molecule has 3 rings (SSSR count). The minimum atomic E-state index is -0.189. The molecule has 0 heterocycles. The van der Waals surface area contributed by atoms with E-state index in [1.54, 1.807) is 0 Å². The number of aliphatic imine (C=N–C) groups is 2. The van der Waals surface area contributed by atoms with Gasteiger partial charge in [0.1, 0.15) is 22.9 Å². The van der Waals surface area contributed by atoms with Gasteiger partial charge < -0.3 is 10.2 Å². The summed E-state index contributed by atoms with van der Waals surface area (Å²) in [5.41, 5.74) is 5.02. The molecule has 2 aromatic carbocycles. The summed E-state index contributed by atoms with van der Waals surface area (Å²) in [5.74, 6) is 0.999. The largest absolute Gasteiger partial charge is 0.505 e.